The molecule has 0 aliphatic heterocycles. The highest BCUT2D eigenvalue weighted by Gasteiger charge is 2.16. The van der Waals surface area contributed by atoms with Crippen molar-refractivity contribution in [2.45, 2.75) is 6.42 Å². The van der Waals surface area contributed by atoms with Gasteiger partial charge < -0.3 is 15.6 Å². The van der Waals surface area contributed by atoms with E-state index in [0.29, 0.717) is 0 Å². The Morgan fingerprint density at radius 2 is 2.35 bits per heavy atom. The van der Waals surface area contributed by atoms with Crippen LogP contribution in [0.2, 0.25) is 0 Å². The van der Waals surface area contributed by atoms with Crippen LogP contribution >= 0.6 is 0 Å². The molecule has 0 aliphatic carbocycles. The SMILES string of the molecule is Cn1cc([N+](=O)[O-])cc1C(=O)NCCC(=N)N. The lowest BCUT2D eigenvalue weighted by Crippen LogP contribution is -2.28. The Bertz CT molecular complexity index is 465. The monoisotopic (exact) mass is 239 g/mol. The quantitative estimate of drug-likeness (QED) is 0.289. The van der Waals surface area contributed by atoms with Gasteiger partial charge in [-0.25, -0.2) is 0 Å². The van der Waals surface area contributed by atoms with Gasteiger partial charge in [0.25, 0.3) is 11.6 Å². The number of amidine groups is 1. The second-order valence-corrected chi connectivity index (χ2v) is 3.48. The Morgan fingerprint density at radius 3 is 2.82 bits per heavy atom. The Morgan fingerprint density at radius 1 is 1.71 bits per heavy atom. The molecule has 0 spiro atoms. The standard InChI is InChI=1S/C9H13N5O3/c1-13-5-6(14(16)17)4-7(13)9(15)12-3-2-8(10)11/h4-5H,2-3H2,1H3,(H3,10,11)(H,12,15). The number of aromatic nitrogens is 1. The number of nitrogens with two attached hydrogens (primary N) is 1. The van der Waals surface area contributed by atoms with Crippen molar-refractivity contribution in [3.05, 3.63) is 28.1 Å². The van der Waals surface area contributed by atoms with Crippen molar-refractivity contribution in [2.24, 2.45) is 12.8 Å². The molecular weight excluding hydrogens is 226 g/mol. The first-order valence-electron chi connectivity index (χ1n) is 4.83. The van der Waals surface area contributed by atoms with Gasteiger partial charge in [0.15, 0.2) is 0 Å². The van der Waals surface area contributed by atoms with Crippen molar-refractivity contribution in [3.8, 4) is 0 Å². The van der Waals surface area contributed by atoms with Gasteiger partial charge in [0.05, 0.1) is 17.0 Å². The lowest BCUT2D eigenvalue weighted by molar-refractivity contribution is -0.384. The van der Waals surface area contributed by atoms with Gasteiger partial charge in [-0.3, -0.25) is 20.3 Å². The average Bonchev–Trinajstić information content (AvgIpc) is 2.59. The maximum Gasteiger partial charge on any atom is 0.287 e. The highest BCUT2D eigenvalue weighted by molar-refractivity contribution is 5.93. The molecule has 0 atom stereocenters. The van der Waals surface area contributed by atoms with Gasteiger partial charge in [-0.05, 0) is 0 Å². The molecule has 0 unspecified atom stereocenters. The van der Waals surface area contributed by atoms with Crippen LogP contribution in [0.25, 0.3) is 0 Å². The van der Waals surface area contributed by atoms with Crippen molar-refractivity contribution in [3.63, 3.8) is 0 Å². The number of aryl methyl sites for hydroxylation is 1. The van der Waals surface area contributed by atoms with Gasteiger partial charge in [-0.1, -0.05) is 0 Å². The van der Waals surface area contributed by atoms with Crippen LogP contribution < -0.4 is 11.1 Å². The summed E-state index contributed by atoms with van der Waals surface area (Å²) in [4.78, 5) is 21.6. The summed E-state index contributed by atoms with van der Waals surface area (Å²) in [5.41, 5.74) is 5.19. The lowest BCUT2D eigenvalue weighted by atomic mass is 10.3. The maximum atomic E-state index is 11.6. The number of carbonyl (C=O) groups excluding carboxylic acids is 1. The summed E-state index contributed by atoms with van der Waals surface area (Å²) < 4.78 is 1.38. The van der Waals surface area contributed by atoms with E-state index in [1.165, 1.54) is 16.8 Å². The molecule has 1 aromatic rings. The molecule has 4 N–H and O–H groups in total. The fraction of sp³-hybridized carbons (Fsp3) is 0.333. The van der Waals surface area contributed by atoms with Crippen LogP contribution in [0.1, 0.15) is 16.9 Å². The molecule has 0 aromatic carbocycles. The summed E-state index contributed by atoms with van der Waals surface area (Å²) in [6, 6.07) is 1.20. The van der Waals surface area contributed by atoms with Crippen LogP contribution in [0.5, 0.6) is 0 Å². The van der Waals surface area contributed by atoms with E-state index in [2.05, 4.69) is 5.32 Å². The second kappa shape index (κ2) is 5.10. The van der Waals surface area contributed by atoms with E-state index in [0.717, 1.165) is 0 Å². The summed E-state index contributed by atoms with van der Waals surface area (Å²) in [5, 5.41) is 20.0. The smallest absolute Gasteiger partial charge is 0.287 e. The number of nitro groups is 1. The Hall–Kier alpha value is -2.38. The van der Waals surface area contributed by atoms with E-state index in [4.69, 9.17) is 11.1 Å². The van der Waals surface area contributed by atoms with E-state index in [9.17, 15) is 14.9 Å². The zero-order valence-corrected chi connectivity index (χ0v) is 9.27. The summed E-state index contributed by atoms with van der Waals surface area (Å²) in [7, 11) is 1.55. The second-order valence-electron chi connectivity index (χ2n) is 3.48. The predicted molar refractivity (Wildman–Crippen MR) is 60.9 cm³/mol. The van der Waals surface area contributed by atoms with Gasteiger partial charge in [0.1, 0.15) is 5.69 Å². The van der Waals surface area contributed by atoms with Crippen molar-refractivity contribution < 1.29 is 9.72 Å². The van der Waals surface area contributed by atoms with Gasteiger partial charge >= 0.3 is 0 Å². The van der Waals surface area contributed by atoms with Crippen molar-refractivity contribution in [2.75, 3.05) is 6.54 Å². The molecule has 1 aromatic heterocycles. The molecule has 0 fully saturated rings. The first-order valence-corrected chi connectivity index (χ1v) is 4.83. The minimum atomic E-state index is -0.563. The number of carbonyl (C=O) groups is 1. The van der Waals surface area contributed by atoms with Crippen molar-refractivity contribution in [1.82, 2.24) is 9.88 Å². The van der Waals surface area contributed by atoms with Gasteiger partial charge in [0.2, 0.25) is 0 Å². The molecule has 8 heteroatoms. The molecule has 0 saturated carbocycles. The fourth-order valence-electron chi connectivity index (χ4n) is 1.27. The first-order chi connectivity index (χ1) is 7.91. The van der Waals surface area contributed by atoms with Crippen LogP contribution in [-0.2, 0) is 7.05 Å². The average molecular weight is 239 g/mol. The minimum absolute atomic E-state index is 0.0249. The molecule has 0 bridgehead atoms. The van der Waals surface area contributed by atoms with Crippen molar-refractivity contribution >= 4 is 17.4 Å². The molecule has 8 nitrogen and oxygen atoms in total. The minimum Gasteiger partial charge on any atom is -0.388 e. The first kappa shape index (κ1) is 12.7. The van der Waals surface area contributed by atoms with Gasteiger partial charge in [-0.15, -0.1) is 0 Å². The fourth-order valence-corrected chi connectivity index (χ4v) is 1.27. The summed E-state index contributed by atoms with van der Waals surface area (Å²) in [6.07, 6.45) is 1.51. The molecule has 0 saturated heterocycles. The Labute approximate surface area is 97.1 Å². The molecular formula is C9H13N5O3. The third-order valence-electron chi connectivity index (χ3n) is 2.11. The lowest BCUT2D eigenvalue weighted by Gasteiger charge is -2.04. The Balaban J connectivity index is 2.69. The number of nitrogens with zero attached hydrogens (tertiary/aromatic N) is 2. The molecule has 17 heavy (non-hydrogen) atoms. The number of hydrogen-bond acceptors (Lipinski definition) is 4. The van der Waals surface area contributed by atoms with Gasteiger partial charge in [0, 0.05) is 26.1 Å². The van der Waals surface area contributed by atoms with E-state index in [-0.39, 0.29) is 30.2 Å². The maximum absolute atomic E-state index is 11.6. The van der Waals surface area contributed by atoms with Crippen LogP contribution in [0.15, 0.2) is 12.3 Å². The van der Waals surface area contributed by atoms with Crippen molar-refractivity contribution in [1.29, 1.82) is 5.41 Å². The van der Waals surface area contributed by atoms with Crippen LogP contribution in [0.4, 0.5) is 5.69 Å². The third kappa shape index (κ3) is 3.30. The van der Waals surface area contributed by atoms with Crippen LogP contribution in [0, 0.1) is 15.5 Å². The summed E-state index contributed by atoms with van der Waals surface area (Å²) in [5.74, 6) is -0.454. The van der Waals surface area contributed by atoms with Crippen LogP contribution in [0.3, 0.4) is 0 Å². The van der Waals surface area contributed by atoms with Gasteiger partial charge in [-0.2, -0.15) is 0 Å². The number of amides is 1. The molecule has 1 heterocycles. The molecule has 92 valence electrons. The zero-order valence-electron chi connectivity index (χ0n) is 9.27. The van der Waals surface area contributed by atoms with E-state index >= 15 is 0 Å². The highest BCUT2D eigenvalue weighted by atomic mass is 16.6. The van der Waals surface area contributed by atoms with E-state index < -0.39 is 10.8 Å². The number of nitrogens with one attached hydrogen (secondary N) is 2. The zero-order chi connectivity index (χ0) is 13.0. The Kier molecular flexibility index (Phi) is 3.81. The molecule has 0 aliphatic rings. The topological polar surface area (TPSA) is 127 Å². The van der Waals surface area contributed by atoms with E-state index in [1.807, 2.05) is 0 Å². The molecule has 0 radical (unpaired) electrons. The normalized spacial score (nSPS) is 9.94. The molecule has 1 amide bonds. The summed E-state index contributed by atoms with van der Waals surface area (Å²) in [6.45, 7) is 0.229. The number of hydrogen-bond donors (Lipinski definition) is 3. The summed E-state index contributed by atoms with van der Waals surface area (Å²) >= 11 is 0. The van der Waals surface area contributed by atoms with E-state index in [1.54, 1.807) is 7.05 Å². The number of rotatable bonds is 5. The predicted octanol–water partition coefficient (Wildman–Crippen LogP) is -0.0108. The molecule has 1 rings (SSSR count). The third-order valence-corrected chi connectivity index (χ3v) is 2.11. The van der Waals surface area contributed by atoms with Crippen LogP contribution in [-0.4, -0.2) is 27.8 Å². The largest absolute Gasteiger partial charge is 0.388 e. The highest BCUT2D eigenvalue weighted by Crippen LogP contribution is 2.14.